The highest BCUT2D eigenvalue weighted by atomic mass is 32.1. The number of halogens is 3. The topological polar surface area (TPSA) is 105 Å². The van der Waals surface area contributed by atoms with E-state index in [4.69, 9.17) is 5.73 Å². The van der Waals surface area contributed by atoms with Crippen LogP contribution in [0.1, 0.15) is 5.56 Å². The summed E-state index contributed by atoms with van der Waals surface area (Å²) in [5.41, 5.74) is 2.59. The summed E-state index contributed by atoms with van der Waals surface area (Å²) in [6, 6.07) is 3.37. The summed E-state index contributed by atoms with van der Waals surface area (Å²) in [5, 5.41) is 10.2. The number of carboxylic acids is 1. The molecule has 1 aromatic heterocycles. The van der Waals surface area contributed by atoms with Crippen molar-refractivity contribution in [2.45, 2.75) is 6.18 Å². The van der Waals surface area contributed by atoms with Gasteiger partial charge in [-0.2, -0.15) is 13.2 Å². The zero-order valence-corrected chi connectivity index (χ0v) is 11.3. The number of ether oxygens (including phenoxy) is 1. The summed E-state index contributed by atoms with van der Waals surface area (Å²) in [7, 11) is 0. The fourth-order valence-corrected chi connectivity index (χ4v) is 2.40. The quantitative estimate of drug-likeness (QED) is 0.386. The zero-order valence-electron chi connectivity index (χ0n) is 10.5. The third-order valence-electron chi connectivity index (χ3n) is 2.49. The summed E-state index contributed by atoms with van der Waals surface area (Å²) < 4.78 is 43.2. The Labute approximate surface area is 124 Å². The smallest absolute Gasteiger partial charge is 0.418 e. The van der Waals surface area contributed by atoms with Gasteiger partial charge in [0.05, 0.1) is 27.3 Å². The largest absolute Gasteiger partial charge is 0.544 e. The number of hydrogen-bond donors (Lipinski definition) is 1. The Morgan fingerprint density at radius 3 is 2.59 bits per heavy atom. The number of nitrogens with two attached hydrogens (primary N) is 1. The lowest BCUT2D eigenvalue weighted by atomic mass is 10.2. The molecule has 10 heteroatoms. The van der Waals surface area contributed by atoms with Crippen LogP contribution < -0.4 is 15.6 Å². The molecule has 0 atom stereocenters. The molecule has 0 aliphatic heterocycles. The number of carbonyl (C=O) groups excluding carboxylic acids is 2. The monoisotopic (exact) mass is 331 g/mol. The van der Waals surface area contributed by atoms with Crippen molar-refractivity contribution >= 4 is 33.5 Å². The van der Waals surface area contributed by atoms with E-state index in [1.165, 1.54) is 12.1 Å². The van der Waals surface area contributed by atoms with Crippen molar-refractivity contribution in [1.29, 1.82) is 0 Å². The molecule has 2 rings (SSSR count). The maximum Gasteiger partial charge on any atom is 0.418 e. The van der Waals surface area contributed by atoms with Crippen LogP contribution in [-0.4, -0.2) is 16.9 Å². The maximum atomic E-state index is 12.8. The lowest BCUT2D eigenvalue weighted by Crippen LogP contribution is -2.31. The molecule has 1 aromatic carbocycles. The molecule has 0 saturated carbocycles. The number of para-hydroxylation sites is 1. The Hall–Kier alpha value is -2.62. The van der Waals surface area contributed by atoms with Crippen LogP contribution >= 0.6 is 11.3 Å². The minimum absolute atomic E-state index is 0.129. The van der Waals surface area contributed by atoms with Crippen LogP contribution in [0.5, 0.6) is 5.19 Å². The third kappa shape index (κ3) is 3.01. The van der Waals surface area contributed by atoms with Crippen LogP contribution in [0.4, 0.5) is 13.2 Å². The van der Waals surface area contributed by atoms with Gasteiger partial charge in [-0.3, -0.25) is 0 Å². The first-order valence-electron chi connectivity index (χ1n) is 5.56. The number of carboxylic acid groups (broad SMARTS) is 1. The van der Waals surface area contributed by atoms with E-state index in [0.717, 1.165) is 6.07 Å². The second-order valence-electron chi connectivity index (χ2n) is 3.89. The first-order valence-corrected chi connectivity index (χ1v) is 6.38. The average molecular weight is 331 g/mol. The molecular weight excluding hydrogens is 325 g/mol. The standard InChI is InChI=1S/C12H7F3N2O4S/c13-12(14,15)6-2-1-3-7-8(6)17-11(22-7)21-10(20)5(4-16)9(18)19/h1-4H,16H2,(H,18,19)/p-1. The molecule has 0 spiro atoms. The molecule has 0 aliphatic rings. The van der Waals surface area contributed by atoms with Crippen molar-refractivity contribution in [3.8, 4) is 5.19 Å². The SMILES string of the molecule is NC=C(C(=O)[O-])C(=O)Oc1nc2c(C(F)(F)F)cccc2s1. The molecule has 1 heterocycles. The van der Waals surface area contributed by atoms with Gasteiger partial charge in [0.15, 0.2) is 0 Å². The van der Waals surface area contributed by atoms with Gasteiger partial charge in [-0.25, -0.2) is 9.78 Å². The van der Waals surface area contributed by atoms with E-state index in [-0.39, 0.29) is 4.70 Å². The molecule has 0 saturated heterocycles. The highest BCUT2D eigenvalue weighted by molar-refractivity contribution is 7.20. The van der Waals surface area contributed by atoms with Crippen molar-refractivity contribution in [2.75, 3.05) is 0 Å². The van der Waals surface area contributed by atoms with Crippen LogP contribution in [-0.2, 0) is 15.8 Å². The first kappa shape index (κ1) is 15.8. The van der Waals surface area contributed by atoms with E-state index in [9.17, 15) is 27.9 Å². The molecule has 2 aromatic rings. The maximum absolute atomic E-state index is 12.8. The molecule has 0 fully saturated rings. The molecule has 0 amide bonds. The van der Waals surface area contributed by atoms with Crippen molar-refractivity contribution in [3.05, 3.63) is 35.5 Å². The molecule has 6 nitrogen and oxygen atoms in total. The van der Waals surface area contributed by atoms with E-state index < -0.39 is 40.0 Å². The fraction of sp³-hybridized carbons (Fsp3) is 0.0833. The predicted octanol–water partition coefficient (Wildman–Crippen LogP) is 0.813. The Morgan fingerprint density at radius 1 is 1.36 bits per heavy atom. The molecular formula is C12H6F3N2O4S-. The average Bonchev–Trinajstić information content (AvgIpc) is 2.79. The number of alkyl halides is 3. The van der Waals surface area contributed by atoms with Crippen molar-refractivity contribution in [3.63, 3.8) is 0 Å². The van der Waals surface area contributed by atoms with E-state index in [2.05, 4.69) is 9.72 Å². The Morgan fingerprint density at radius 2 is 2.05 bits per heavy atom. The third-order valence-corrected chi connectivity index (χ3v) is 3.39. The number of hydrogen-bond acceptors (Lipinski definition) is 7. The van der Waals surface area contributed by atoms with Gasteiger partial charge < -0.3 is 20.4 Å². The van der Waals surface area contributed by atoms with Gasteiger partial charge in [0.2, 0.25) is 0 Å². The number of rotatable bonds is 3. The number of carbonyl (C=O) groups is 2. The van der Waals surface area contributed by atoms with Crippen LogP contribution in [0.3, 0.4) is 0 Å². The first-order chi connectivity index (χ1) is 10.2. The van der Waals surface area contributed by atoms with Crippen LogP contribution in [0.25, 0.3) is 10.2 Å². The molecule has 0 radical (unpaired) electrons. The highest BCUT2D eigenvalue weighted by Crippen LogP contribution is 2.38. The van der Waals surface area contributed by atoms with E-state index in [1.807, 2.05) is 0 Å². The summed E-state index contributed by atoms with van der Waals surface area (Å²) >= 11 is 0.660. The van der Waals surface area contributed by atoms with E-state index in [1.54, 1.807) is 0 Å². The normalized spacial score (nSPS) is 12.4. The molecule has 0 aliphatic carbocycles. The number of aliphatic carboxylic acids is 1. The van der Waals surface area contributed by atoms with E-state index >= 15 is 0 Å². The number of aromatic nitrogens is 1. The van der Waals surface area contributed by atoms with Crippen LogP contribution in [0.15, 0.2) is 30.0 Å². The predicted molar refractivity (Wildman–Crippen MR) is 67.5 cm³/mol. The summed E-state index contributed by atoms with van der Waals surface area (Å²) in [5.74, 6) is -3.25. The Kier molecular flexibility index (Phi) is 4.04. The van der Waals surface area contributed by atoms with Gasteiger partial charge in [-0.1, -0.05) is 17.4 Å². The van der Waals surface area contributed by atoms with Gasteiger partial charge >= 0.3 is 12.1 Å². The fourth-order valence-electron chi connectivity index (χ4n) is 1.55. The van der Waals surface area contributed by atoms with Crippen LogP contribution in [0.2, 0.25) is 0 Å². The van der Waals surface area contributed by atoms with Gasteiger partial charge in [0.1, 0.15) is 0 Å². The zero-order chi connectivity index (χ0) is 16.5. The number of esters is 1. The summed E-state index contributed by atoms with van der Waals surface area (Å²) in [6.45, 7) is 0. The van der Waals surface area contributed by atoms with Crippen molar-refractivity contribution in [2.24, 2.45) is 5.73 Å². The second-order valence-corrected chi connectivity index (χ2v) is 4.88. The second kappa shape index (κ2) is 5.64. The lowest BCUT2D eigenvalue weighted by Gasteiger charge is -2.06. The number of fused-ring (bicyclic) bond motifs is 1. The summed E-state index contributed by atoms with van der Waals surface area (Å²) in [6.07, 6.45) is -4.16. The number of nitrogens with zero attached hydrogens (tertiary/aromatic N) is 1. The van der Waals surface area contributed by atoms with Crippen LogP contribution in [0, 0.1) is 0 Å². The summed E-state index contributed by atoms with van der Waals surface area (Å²) in [4.78, 5) is 25.7. The molecule has 0 unspecified atom stereocenters. The van der Waals surface area contributed by atoms with Crippen molar-refractivity contribution < 1.29 is 32.6 Å². The molecule has 22 heavy (non-hydrogen) atoms. The highest BCUT2D eigenvalue weighted by Gasteiger charge is 2.34. The van der Waals surface area contributed by atoms with Gasteiger partial charge in [-0.15, -0.1) is 0 Å². The van der Waals surface area contributed by atoms with E-state index in [0.29, 0.717) is 17.5 Å². The minimum atomic E-state index is -4.62. The molecule has 116 valence electrons. The lowest BCUT2D eigenvalue weighted by molar-refractivity contribution is -0.299. The Bertz CT molecular complexity index is 782. The Balaban J connectivity index is 2.39. The van der Waals surface area contributed by atoms with Crippen molar-refractivity contribution in [1.82, 2.24) is 4.98 Å². The van der Waals surface area contributed by atoms with Gasteiger partial charge in [0, 0.05) is 6.20 Å². The number of benzene rings is 1. The van der Waals surface area contributed by atoms with Gasteiger partial charge in [-0.05, 0) is 12.1 Å². The molecule has 0 bridgehead atoms. The van der Waals surface area contributed by atoms with Gasteiger partial charge in [0.25, 0.3) is 5.19 Å². The minimum Gasteiger partial charge on any atom is -0.544 e. The number of thiazole rings is 1. The molecule has 2 N–H and O–H groups in total.